The maximum Gasteiger partial charge on any atom is 0.336 e. The first-order valence-corrected chi connectivity index (χ1v) is 7.78. The molecule has 2 aromatic carbocycles. The Morgan fingerprint density at radius 1 is 1.17 bits per heavy atom. The molecule has 0 spiro atoms. The molecule has 24 heavy (non-hydrogen) atoms. The average Bonchev–Trinajstić information content (AvgIpc) is 2.52. The minimum absolute atomic E-state index is 0.138. The van der Waals surface area contributed by atoms with Crippen LogP contribution in [0.3, 0.4) is 0 Å². The van der Waals surface area contributed by atoms with Gasteiger partial charge in [0.15, 0.2) is 5.78 Å². The van der Waals surface area contributed by atoms with E-state index in [2.05, 4.69) is 0 Å². The van der Waals surface area contributed by atoms with E-state index in [0.717, 1.165) is 10.9 Å². The van der Waals surface area contributed by atoms with E-state index in [9.17, 15) is 9.59 Å². The molecule has 3 rings (SSSR count). The van der Waals surface area contributed by atoms with Gasteiger partial charge in [-0.15, -0.1) is 0 Å². The molecule has 0 unspecified atom stereocenters. The molecule has 0 N–H and O–H groups in total. The third-order valence-corrected chi connectivity index (χ3v) is 3.92. The van der Waals surface area contributed by atoms with Crippen molar-refractivity contribution in [3.8, 4) is 5.75 Å². The Morgan fingerprint density at radius 3 is 2.71 bits per heavy atom. The van der Waals surface area contributed by atoms with Gasteiger partial charge in [-0.25, -0.2) is 4.79 Å². The smallest absolute Gasteiger partial charge is 0.336 e. The number of aryl methyl sites for hydroxylation is 1. The molecule has 122 valence electrons. The summed E-state index contributed by atoms with van der Waals surface area (Å²) in [7, 11) is 0. The van der Waals surface area contributed by atoms with Crippen LogP contribution >= 0.6 is 11.6 Å². The van der Waals surface area contributed by atoms with Crippen molar-refractivity contribution >= 4 is 28.4 Å². The summed E-state index contributed by atoms with van der Waals surface area (Å²) in [4.78, 5) is 23.5. The molecule has 1 heterocycles. The highest BCUT2D eigenvalue weighted by molar-refractivity contribution is 6.31. The Kier molecular flexibility index (Phi) is 4.40. The molecule has 0 amide bonds. The highest BCUT2D eigenvalue weighted by Gasteiger charge is 2.11. The maximum atomic E-state index is 11.8. The zero-order chi connectivity index (χ0) is 17.3. The van der Waals surface area contributed by atoms with Crippen molar-refractivity contribution in [1.29, 1.82) is 0 Å². The molecule has 0 saturated carbocycles. The predicted molar refractivity (Wildman–Crippen MR) is 93.0 cm³/mol. The van der Waals surface area contributed by atoms with E-state index in [0.29, 0.717) is 27.5 Å². The van der Waals surface area contributed by atoms with Gasteiger partial charge in [0.1, 0.15) is 17.9 Å². The number of ether oxygens (including phenoxy) is 1. The molecule has 0 aliphatic rings. The highest BCUT2D eigenvalue weighted by atomic mass is 35.5. The van der Waals surface area contributed by atoms with Crippen LogP contribution in [0.25, 0.3) is 11.0 Å². The Bertz CT molecular complexity index is 988. The number of benzene rings is 2. The van der Waals surface area contributed by atoms with Crippen molar-refractivity contribution in [1.82, 2.24) is 0 Å². The zero-order valence-electron chi connectivity index (χ0n) is 13.3. The SMILES string of the molecule is CC(=O)c1cc(Cl)ccc1OCc1cc(=O)oc2cc(C)ccc12. The second-order valence-electron chi connectivity index (χ2n) is 5.58. The van der Waals surface area contributed by atoms with Crippen LogP contribution in [0, 0.1) is 6.92 Å². The first kappa shape index (κ1) is 16.3. The number of carbonyl (C=O) groups excluding carboxylic acids is 1. The number of halogens is 1. The topological polar surface area (TPSA) is 56.5 Å². The fourth-order valence-electron chi connectivity index (χ4n) is 2.52. The molecule has 0 aliphatic heterocycles. The minimum Gasteiger partial charge on any atom is -0.488 e. The van der Waals surface area contributed by atoms with Crippen molar-refractivity contribution in [3.63, 3.8) is 0 Å². The molecule has 0 radical (unpaired) electrons. The summed E-state index contributed by atoms with van der Waals surface area (Å²) < 4.78 is 11.0. The number of hydrogen-bond acceptors (Lipinski definition) is 4. The van der Waals surface area contributed by atoms with Crippen molar-refractivity contribution in [2.24, 2.45) is 0 Å². The third kappa shape index (κ3) is 3.34. The number of rotatable bonds is 4. The Balaban J connectivity index is 1.97. The zero-order valence-corrected chi connectivity index (χ0v) is 14.0. The molecule has 1 aromatic heterocycles. The lowest BCUT2D eigenvalue weighted by molar-refractivity contribution is 0.101. The number of hydrogen-bond donors (Lipinski definition) is 0. The second-order valence-corrected chi connectivity index (χ2v) is 6.01. The van der Waals surface area contributed by atoms with E-state index in [1.54, 1.807) is 18.2 Å². The van der Waals surface area contributed by atoms with Crippen molar-refractivity contribution in [2.75, 3.05) is 0 Å². The van der Waals surface area contributed by atoms with Gasteiger partial charge in [-0.3, -0.25) is 4.79 Å². The van der Waals surface area contributed by atoms with Gasteiger partial charge in [0.2, 0.25) is 0 Å². The molecular weight excluding hydrogens is 328 g/mol. The van der Waals surface area contributed by atoms with E-state index >= 15 is 0 Å². The summed E-state index contributed by atoms with van der Waals surface area (Å²) in [5.41, 5.74) is 2.19. The number of carbonyl (C=O) groups is 1. The molecule has 0 bridgehead atoms. The van der Waals surface area contributed by atoms with Crippen LogP contribution in [-0.4, -0.2) is 5.78 Å². The summed E-state index contributed by atoms with van der Waals surface area (Å²) in [5.74, 6) is 0.293. The molecule has 0 saturated heterocycles. The summed E-state index contributed by atoms with van der Waals surface area (Å²) in [5, 5.41) is 1.27. The van der Waals surface area contributed by atoms with Gasteiger partial charge in [0.25, 0.3) is 0 Å². The molecular formula is C19H15ClO4. The monoisotopic (exact) mass is 342 g/mol. The standard InChI is InChI=1S/C19H15ClO4/c1-11-3-5-15-13(8-19(22)24-18(15)7-11)10-23-17-6-4-14(20)9-16(17)12(2)21/h3-9H,10H2,1-2H3. The van der Waals surface area contributed by atoms with Gasteiger partial charge in [-0.1, -0.05) is 23.7 Å². The summed E-state index contributed by atoms with van der Waals surface area (Å²) in [6, 6.07) is 11.9. The van der Waals surface area contributed by atoms with E-state index in [-0.39, 0.29) is 12.4 Å². The Hall–Kier alpha value is -2.59. The maximum absolute atomic E-state index is 11.8. The van der Waals surface area contributed by atoms with Crippen LogP contribution in [0.1, 0.15) is 28.4 Å². The quantitative estimate of drug-likeness (QED) is 0.516. The Labute approximate surface area is 143 Å². The predicted octanol–water partition coefficient (Wildman–Crippen LogP) is 4.54. The fraction of sp³-hybridized carbons (Fsp3) is 0.158. The van der Waals surface area contributed by atoms with Crippen LogP contribution in [0.15, 0.2) is 51.7 Å². The Morgan fingerprint density at radius 2 is 1.96 bits per heavy atom. The van der Waals surface area contributed by atoms with Gasteiger partial charge >= 0.3 is 5.63 Å². The first-order valence-electron chi connectivity index (χ1n) is 7.41. The summed E-state index contributed by atoms with van der Waals surface area (Å²) in [6.45, 7) is 3.52. The second kappa shape index (κ2) is 6.49. The summed E-state index contributed by atoms with van der Waals surface area (Å²) in [6.07, 6.45) is 0. The largest absolute Gasteiger partial charge is 0.488 e. The van der Waals surface area contributed by atoms with E-state index in [1.807, 2.05) is 25.1 Å². The van der Waals surface area contributed by atoms with Crippen LogP contribution in [0.4, 0.5) is 0 Å². The molecule has 0 fully saturated rings. The lowest BCUT2D eigenvalue weighted by Gasteiger charge is -2.11. The highest BCUT2D eigenvalue weighted by Crippen LogP contribution is 2.25. The molecule has 3 aromatic rings. The van der Waals surface area contributed by atoms with Crippen molar-refractivity contribution < 1.29 is 13.9 Å². The number of ketones is 1. The molecule has 0 atom stereocenters. The number of Topliss-reactive ketones (excluding diaryl/α,β-unsaturated/α-hetero) is 1. The fourth-order valence-corrected chi connectivity index (χ4v) is 2.69. The van der Waals surface area contributed by atoms with E-state index < -0.39 is 5.63 Å². The van der Waals surface area contributed by atoms with Crippen molar-refractivity contribution in [2.45, 2.75) is 20.5 Å². The average molecular weight is 343 g/mol. The first-order chi connectivity index (χ1) is 11.4. The normalized spacial score (nSPS) is 10.8. The van der Waals surface area contributed by atoms with Gasteiger partial charge < -0.3 is 9.15 Å². The lowest BCUT2D eigenvalue weighted by atomic mass is 10.1. The molecule has 5 heteroatoms. The van der Waals surface area contributed by atoms with Crippen LogP contribution in [-0.2, 0) is 6.61 Å². The molecule has 4 nitrogen and oxygen atoms in total. The summed E-state index contributed by atoms with van der Waals surface area (Å²) >= 11 is 5.93. The van der Waals surface area contributed by atoms with E-state index in [1.165, 1.54) is 13.0 Å². The molecule has 0 aliphatic carbocycles. The van der Waals surface area contributed by atoms with Gasteiger partial charge in [-0.2, -0.15) is 0 Å². The van der Waals surface area contributed by atoms with Crippen LogP contribution < -0.4 is 10.4 Å². The van der Waals surface area contributed by atoms with Gasteiger partial charge in [-0.05, 0) is 43.7 Å². The van der Waals surface area contributed by atoms with E-state index in [4.69, 9.17) is 20.8 Å². The van der Waals surface area contributed by atoms with Crippen molar-refractivity contribution in [3.05, 3.63) is 74.6 Å². The lowest BCUT2D eigenvalue weighted by Crippen LogP contribution is -2.06. The minimum atomic E-state index is -0.436. The van der Waals surface area contributed by atoms with Crippen LogP contribution in [0.2, 0.25) is 5.02 Å². The van der Waals surface area contributed by atoms with Gasteiger partial charge in [0.05, 0.1) is 5.56 Å². The van der Waals surface area contributed by atoms with Crippen LogP contribution in [0.5, 0.6) is 5.75 Å². The van der Waals surface area contributed by atoms with Gasteiger partial charge in [0, 0.05) is 22.0 Å². The third-order valence-electron chi connectivity index (χ3n) is 3.69. The number of fused-ring (bicyclic) bond motifs is 1.